The molecule has 0 fully saturated rings. The maximum absolute atomic E-state index is 5.00. The predicted molar refractivity (Wildman–Crippen MR) is 58.2 cm³/mol. The van der Waals surface area contributed by atoms with Crippen LogP contribution in [0.3, 0.4) is 0 Å². The minimum Gasteiger partial charge on any atom is -0.472 e. The molecule has 1 aromatic rings. The van der Waals surface area contributed by atoms with E-state index < -0.39 is 0 Å². The van der Waals surface area contributed by atoms with Crippen LogP contribution in [0.1, 0.15) is 18.9 Å². The van der Waals surface area contributed by atoms with Crippen molar-refractivity contribution in [1.82, 2.24) is 10.2 Å². The molecule has 1 N–H and O–H groups in total. The Morgan fingerprint density at radius 3 is 2.86 bits per heavy atom. The van der Waals surface area contributed by atoms with Crippen LogP contribution >= 0.6 is 0 Å². The summed E-state index contributed by atoms with van der Waals surface area (Å²) in [5, 5.41) is 3.45. The van der Waals surface area contributed by atoms with Crippen molar-refractivity contribution in [2.45, 2.75) is 25.9 Å². The van der Waals surface area contributed by atoms with E-state index in [0.717, 1.165) is 13.1 Å². The normalized spacial score (nSPS) is 13.4. The molecule has 0 spiro atoms. The Hall–Kier alpha value is -0.800. The Balaban J connectivity index is 2.12. The zero-order valence-electron chi connectivity index (χ0n) is 9.29. The summed E-state index contributed by atoms with van der Waals surface area (Å²) in [6, 6.07) is 2.54. The van der Waals surface area contributed by atoms with Crippen molar-refractivity contribution in [3.63, 3.8) is 0 Å². The molecule has 80 valence electrons. The monoisotopic (exact) mass is 196 g/mol. The second-order valence-corrected chi connectivity index (χ2v) is 4.01. The number of rotatable bonds is 6. The Labute approximate surface area is 86.1 Å². The molecule has 0 aliphatic rings. The second kappa shape index (κ2) is 5.83. The van der Waals surface area contributed by atoms with E-state index in [0.29, 0.717) is 6.04 Å². The summed E-state index contributed by atoms with van der Waals surface area (Å²) in [5.41, 5.74) is 1.21. The molecule has 0 amide bonds. The molecule has 0 saturated carbocycles. The number of hydrogen-bond acceptors (Lipinski definition) is 3. The van der Waals surface area contributed by atoms with E-state index in [-0.39, 0.29) is 0 Å². The van der Waals surface area contributed by atoms with Crippen LogP contribution in [0, 0.1) is 0 Å². The van der Waals surface area contributed by atoms with E-state index in [1.807, 2.05) is 6.07 Å². The van der Waals surface area contributed by atoms with Gasteiger partial charge in [0.1, 0.15) is 0 Å². The van der Waals surface area contributed by atoms with E-state index in [2.05, 4.69) is 31.2 Å². The molecule has 1 aromatic heterocycles. The highest BCUT2D eigenvalue weighted by molar-refractivity contribution is 5.04. The molecule has 0 radical (unpaired) electrons. The van der Waals surface area contributed by atoms with Crippen LogP contribution in [0.15, 0.2) is 23.0 Å². The molecule has 3 heteroatoms. The van der Waals surface area contributed by atoms with Crippen molar-refractivity contribution in [3.8, 4) is 0 Å². The molecule has 0 aromatic carbocycles. The zero-order valence-corrected chi connectivity index (χ0v) is 9.29. The van der Waals surface area contributed by atoms with Gasteiger partial charge >= 0.3 is 0 Å². The van der Waals surface area contributed by atoms with Gasteiger partial charge in [-0.05, 0) is 40.1 Å². The first-order chi connectivity index (χ1) is 6.68. The summed E-state index contributed by atoms with van der Waals surface area (Å²) in [7, 11) is 4.20. The molecule has 1 rings (SSSR count). The molecule has 0 aliphatic heterocycles. The molecule has 0 bridgehead atoms. The van der Waals surface area contributed by atoms with Crippen LogP contribution in [0.4, 0.5) is 0 Å². The quantitative estimate of drug-likeness (QED) is 0.751. The summed E-state index contributed by atoms with van der Waals surface area (Å²) < 4.78 is 5.00. The largest absolute Gasteiger partial charge is 0.472 e. The lowest BCUT2D eigenvalue weighted by Gasteiger charge is -2.16. The summed E-state index contributed by atoms with van der Waals surface area (Å²) in [5.74, 6) is 0. The molecule has 1 heterocycles. The SMILES string of the molecule is CC(CCN(C)C)NCc1ccoc1. The Morgan fingerprint density at radius 1 is 1.50 bits per heavy atom. The van der Waals surface area contributed by atoms with Crippen LogP contribution in [0.25, 0.3) is 0 Å². The van der Waals surface area contributed by atoms with Crippen LogP contribution in [-0.4, -0.2) is 31.6 Å². The highest BCUT2D eigenvalue weighted by Crippen LogP contribution is 2.00. The van der Waals surface area contributed by atoms with Gasteiger partial charge in [0, 0.05) is 18.2 Å². The van der Waals surface area contributed by atoms with Gasteiger partial charge in [-0.25, -0.2) is 0 Å². The van der Waals surface area contributed by atoms with E-state index in [9.17, 15) is 0 Å². The standard InChI is InChI=1S/C11H20N2O/c1-10(4-6-13(2)3)12-8-11-5-7-14-9-11/h5,7,9-10,12H,4,6,8H2,1-3H3. The Bertz CT molecular complexity index is 231. The average Bonchev–Trinajstić information content (AvgIpc) is 2.63. The molecule has 3 nitrogen and oxygen atoms in total. The van der Waals surface area contributed by atoms with Crippen molar-refractivity contribution in [2.24, 2.45) is 0 Å². The van der Waals surface area contributed by atoms with Gasteiger partial charge in [-0.15, -0.1) is 0 Å². The number of hydrogen-bond donors (Lipinski definition) is 1. The second-order valence-electron chi connectivity index (χ2n) is 4.01. The van der Waals surface area contributed by atoms with Crippen molar-refractivity contribution in [2.75, 3.05) is 20.6 Å². The van der Waals surface area contributed by atoms with Crippen LogP contribution in [-0.2, 0) is 6.54 Å². The Morgan fingerprint density at radius 2 is 2.29 bits per heavy atom. The number of furan rings is 1. The highest BCUT2D eigenvalue weighted by Gasteiger charge is 2.02. The molecule has 14 heavy (non-hydrogen) atoms. The fourth-order valence-electron chi connectivity index (χ4n) is 1.24. The van der Waals surface area contributed by atoms with Gasteiger partial charge in [0.2, 0.25) is 0 Å². The molecule has 0 saturated heterocycles. The molecule has 1 atom stereocenters. The third kappa shape index (κ3) is 4.44. The summed E-state index contributed by atoms with van der Waals surface area (Å²) >= 11 is 0. The van der Waals surface area contributed by atoms with Gasteiger partial charge in [0.15, 0.2) is 0 Å². The molecule has 0 aliphatic carbocycles. The van der Waals surface area contributed by atoms with E-state index in [1.54, 1.807) is 12.5 Å². The van der Waals surface area contributed by atoms with Crippen LogP contribution in [0.2, 0.25) is 0 Å². The number of nitrogens with zero attached hydrogens (tertiary/aromatic N) is 1. The van der Waals surface area contributed by atoms with Crippen LogP contribution < -0.4 is 5.32 Å². The van der Waals surface area contributed by atoms with Crippen LogP contribution in [0.5, 0.6) is 0 Å². The van der Waals surface area contributed by atoms with E-state index in [4.69, 9.17) is 4.42 Å². The summed E-state index contributed by atoms with van der Waals surface area (Å²) in [6.07, 6.45) is 4.66. The zero-order chi connectivity index (χ0) is 10.4. The van der Waals surface area contributed by atoms with Gasteiger partial charge in [-0.1, -0.05) is 0 Å². The third-order valence-corrected chi connectivity index (χ3v) is 2.24. The maximum atomic E-state index is 5.00. The molecular formula is C11H20N2O. The molecule has 1 unspecified atom stereocenters. The lowest BCUT2D eigenvalue weighted by atomic mass is 10.2. The van der Waals surface area contributed by atoms with Crippen molar-refractivity contribution >= 4 is 0 Å². The topological polar surface area (TPSA) is 28.4 Å². The fourth-order valence-corrected chi connectivity index (χ4v) is 1.24. The minimum atomic E-state index is 0.548. The van der Waals surface area contributed by atoms with Gasteiger partial charge < -0.3 is 14.6 Å². The first-order valence-electron chi connectivity index (χ1n) is 5.07. The lowest BCUT2D eigenvalue weighted by Crippen LogP contribution is -2.29. The van der Waals surface area contributed by atoms with Gasteiger partial charge in [0.05, 0.1) is 12.5 Å². The van der Waals surface area contributed by atoms with Gasteiger partial charge in [0.25, 0.3) is 0 Å². The highest BCUT2D eigenvalue weighted by atomic mass is 16.3. The van der Waals surface area contributed by atoms with E-state index in [1.165, 1.54) is 12.0 Å². The summed E-state index contributed by atoms with van der Waals surface area (Å²) in [6.45, 7) is 4.23. The smallest absolute Gasteiger partial charge is 0.0947 e. The van der Waals surface area contributed by atoms with Crippen molar-refractivity contribution in [3.05, 3.63) is 24.2 Å². The predicted octanol–water partition coefficient (Wildman–Crippen LogP) is 1.71. The minimum absolute atomic E-state index is 0.548. The first kappa shape index (κ1) is 11.3. The maximum Gasteiger partial charge on any atom is 0.0947 e. The summed E-state index contributed by atoms with van der Waals surface area (Å²) in [4.78, 5) is 2.20. The van der Waals surface area contributed by atoms with Gasteiger partial charge in [-0.3, -0.25) is 0 Å². The van der Waals surface area contributed by atoms with Crippen molar-refractivity contribution in [1.29, 1.82) is 0 Å². The number of nitrogens with one attached hydrogen (secondary N) is 1. The van der Waals surface area contributed by atoms with E-state index >= 15 is 0 Å². The Kier molecular flexibility index (Phi) is 4.70. The first-order valence-corrected chi connectivity index (χ1v) is 5.07. The molecular weight excluding hydrogens is 176 g/mol. The lowest BCUT2D eigenvalue weighted by molar-refractivity contribution is 0.365. The average molecular weight is 196 g/mol. The van der Waals surface area contributed by atoms with Gasteiger partial charge in [-0.2, -0.15) is 0 Å². The fraction of sp³-hybridized carbons (Fsp3) is 0.636. The van der Waals surface area contributed by atoms with Crippen molar-refractivity contribution < 1.29 is 4.42 Å². The third-order valence-electron chi connectivity index (χ3n) is 2.24.